The number of carbonyl (C=O) groups excluding carboxylic acids is 1. The van der Waals surface area contributed by atoms with E-state index >= 15 is 0 Å². The van der Waals surface area contributed by atoms with Crippen LogP contribution < -0.4 is 4.74 Å². The van der Waals surface area contributed by atoms with Crippen LogP contribution in [0.3, 0.4) is 0 Å². The molecule has 1 aromatic rings. The minimum Gasteiger partial charge on any atom is -0.474 e. The van der Waals surface area contributed by atoms with Gasteiger partial charge < -0.3 is 14.4 Å². The molecular formula is C17H21N3O3. The lowest BCUT2D eigenvalue weighted by Crippen LogP contribution is -2.38. The monoisotopic (exact) mass is 315 g/mol. The van der Waals surface area contributed by atoms with Crippen LogP contribution in [0.4, 0.5) is 0 Å². The Morgan fingerprint density at radius 2 is 2.00 bits per heavy atom. The molecule has 0 saturated carbocycles. The van der Waals surface area contributed by atoms with Crippen molar-refractivity contribution < 1.29 is 14.3 Å². The SMILES string of the molecule is N#CC1CCN(C(=O)c2ccc(OC3CCOCC3)nc2)CC1. The standard InChI is InChI=1S/C17H21N3O3/c18-11-13-3-7-20(8-4-13)17(21)14-1-2-16(19-12-14)23-15-5-9-22-10-6-15/h1-2,12-13,15H,3-10H2. The molecule has 0 bridgehead atoms. The Hall–Kier alpha value is -2.13. The van der Waals surface area contributed by atoms with Gasteiger partial charge >= 0.3 is 0 Å². The zero-order chi connectivity index (χ0) is 16.1. The van der Waals surface area contributed by atoms with Gasteiger partial charge in [-0.1, -0.05) is 0 Å². The van der Waals surface area contributed by atoms with E-state index in [9.17, 15) is 4.79 Å². The van der Waals surface area contributed by atoms with E-state index in [1.165, 1.54) is 0 Å². The molecule has 0 N–H and O–H groups in total. The number of hydrogen-bond donors (Lipinski definition) is 0. The van der Waals surface area contributed by atoms with E-state index in [4.69, 9.17) is 14.7 Å². The number of amides is 1. The predicted octanol–water partition coefficient (Wildman–Crippen LogP) is 2.02. The molecule has 1 aromatic heterocycles. The summed E-state index contributed by atoms with van der Waals surface area (Å²) in [6, 6.07) is 5.79. The maximum absolute atomic E-state index is 12.4. The molecule has 2 saturated heterocycles. The number of aromatic nitrogens is 1. The van der Waals surface area contributed by atoms with Crippen LogP contribution in [-0.2, 0) is 4.74 Å². The number of piperidine rings is 1. The number of likely N-dealkylation sites (tertiary alicyclic amines) is 1. The van der Waals surface area contributed by atoms with Gasteiger partial charge in [-0.15, -0.1) is 0 Å². The van der Waals surface area contributed by atoms with Crippen molar-refractivity contribution in [3.05, 3.63) is 23.9 Å². The van der Waals surface area contributed by atoms with Gasteiger partial charge in [0.05, 0.1) is 24.8 Å². The normalized spacial score (nSPS) is 20.0. The summed E-state index contributed by atoms with van der Waals surface area (Å²) in [5, 5.41) is 8.91. The highest BCUT2D eigenvalue weighted by Gasteiger charge is 2.23. The summed E-state index contributed by atoms with van der Waals surface area (Å²) in [4.78, 5) is 18.5. The first-order valence-electron chi connectivity index (χ1n) is 8.15. The van der Waals surface area contributed by atoms with Gasteiger partial charge in [0.15, 0.2) is 0 Å². The third-order valence-electron chi connectivity index (χ3n) is 4.40. The summed E-state index contributed by atoms with van der Waals surface area (Å²) < 4.78 is 11.1. The van der Waals surface area contributed by atoms with Crippen LogP contribution in [-0.4, -0.2) is 48.2 Å². The molecule has 6 nitrogen and oxygen atoms in total. The Balaban J connectivity index is 1.56. The maximum atomic E-state index is 12.4. The average Bonchev–Trinajstić information content (AvgIpc) is 2.63. The lowest BCUT2D eigenvalue weighted by Gasteiger charge is -2.29. The highest BCUT2D eigenvalue weighted by atomic mass is 16.5. The van der Waals surface area contributed by atoms with Crippen LogP contribution in [0.5, 0.6) is 5.88 Å². The molecule has 3 heterocycles. The summed E-state index contributed by atoms with van der Waals surface area (Å²) in [7, 11) is 0. The Labute approximate surface area is 136 Å². The molecule has 23 heavy (non-hydrogen) atoms. The van der Waals surface area contributed by atoms with Crippen LogP contribution >= 0.6 is 0 Å². The molecule has 2 fully saturated rings. The summed E-state index contributed by atoms with van der Waals surface area (Å²) in [6.07, 6.45) is 4.96. The second-order valence-electron chi connectivity index (χ2n) is 6.01. The van der Waals surface area contributed by atoms with Gasteiger partial charge in [0.1, 0.15) is 6.10 Å². The Morgan fingerprint density at radius 3 is 2.61 bits per heavy atom. The van der Waals surface area contributed by atoms with Gasteiger partial charge in [-0.05, 0) is 18.9 Å². The lowest BCUT2D eigenvalue weighted by atomic mass is 9.98. The smallest absolute Gasteiger partial charge is 0.255 e. The first kappa shape index (κ1) is 15.8. The van der Waals surface area contributed by atoms with E-state index < -0.39 is 0 Å². The molecule has 3 rings (SSSR count). The van der Waals surface area contributed by atoms with Gasteiger partial charge in [0, 0.05) is 44.1 Å². The van der Waals surface area contributed by atoms with Crippen molar-refractivity contribution in [1.82, 2.24) is 9.88 Å². The first-order valence-corrected chi connectivity index (χ1v) is 8.15. The number of nitriles is 1. The number of nitrogens with zero attached hydrogens (tertiary/aromatic N) is 3. The van der Waals surface area contributed by atoms with Crippen LogP contribution in [0.2, 0.25) is 0 Å². The van der Waals surface area contributed by atoms with Crippen molar-refractivity contribution in [2.45, 2.75) is 31.8 Å². The molecule has 0 aromatic carbocycles. The molecule has 0 unspecified atom stereocenters. The van der Waals surface area contributed by atoms with Gasteiger partial charge in [-0.25, -0.2) is 4.98 Å². The highest BCUT2D eigenvalue weighted by molar-refractivity contribution is 5.94. The quantitative estimate of drug-likeness (QED) is 0.853. The zero-order valence-corrected chi connectivity index (χ0v) is 13.1. The maximum Gasteiger partial charge on any atom is 0.255 e. The lowest BCUT2D eigenvalue weighted by molar-refractivity contribution is 0.0237. The third-order valence-corrected chi connectivity index (χ3v) is 4.40. The van der Waals surface area contributed by atoms with Crippen LogP contribution in [0, 0.1) is 17.2 Å². The van der Waals surface area contributed by atoms with Crippen LogP contribution in [0.15, 0.2) is 18.3 Å². The van der Waals surface area contributed by atoms with Gasteiger partial charge in [0.25, 0.3) is 5.91 Å². The molecule has 122 valence electrons. The van der Waals surface area contributed by atoms with E-state index in [1.807, 2.05) is 0 Å². The fourth-order valence-electron chi connectivity index (χ4n) is 2.94. The Bertz CT molecular complexity index is 568. The second kappa shape index (κ2) is 7.42. The second-order valence-corrected chi connectivity index (χ2v) is 6.01. The van der Waals surface area contributed by atoms with Crippen molar-refractivity contribution >= 4 is 5.91 Å². The zero-order valence-electron chi connectivity index (χ0n) is 13.1. The fraction of sp³-hybridized carbons (Fsp3) is 0.588. The molecule has 0 spiro atoms. The topological polar surface area (TPSA) is 75.5 Å². The number of pyridine rings is 1. The Morgan fingerprint density at radius 1 is 1.26 bits per heavy atom. The molecule has 6 heteroatoms. The first-order chi connectivity index (χ1) is 11.3. The largest absolute Gasteiger partial charge is 0.474 e. The molecule has 0 atom stereocenters. The molecular weight excluding hydrogens is 294 g/mol. The fourth-order valence-corrected chi connectivity index (χ4v) is 2.94. The summed E-state index contributed by atoms with van der Waals surface area (Å²) in [5.41, 5.74) is 0.569. The summed E-state index contributed by atoms with van der Waals surface area (Å²) >= 11 is 0. The third kappa shape index (κ3) is 3.99. The number of hydrogen-bond acceptors (Lipinski definition) is 5. The van der Waals surface area contributed by atoms with Crippen molar-refractivity contribution in [2.75, 3.05) is 26.3 Å². The van der Waals surface area contributed by atoms with E-state index in [2.05, 4.69) is 11.1 Å². The van der Waals surface area contributed by atoms with E-state index in [0.29, 0.717) is 24.5 Å². The molecule has 1 amide bonds. The van der Waals surface area contributed by atoms with Crippen molar-refractivity contribution in [1.29, 1.82) is 5.26 Å². The Kier molecular flexibility index (Phi) is 5.09. The van der Waals surface area contributed by atoms with Crippen LogP contribution in [0.25, 0.3) is 0 Å². The van der Waals surface area contributed by atoms with Crippen LogP contribution in [0.1, 0.15) is 36.0 Å². The minimum absolute atomic E-state index is 0.0218. The van der Waals surface area contributed by atoms with Gasteiger partial charge in [0.2, 0.25) is 5.88 Å². The van der Waals surface area contributed by atoms with Crippen molar-refractivity contribution in [3.8, 4) is 11.9 Å². The summed E-state index contributed by atoms with van der Waals surface area (Å²) in [6.45, 7) is 2.72. The predicted molar refractivity (Wildman–Crippen MR) is 82.9 cm³/mol. The molecule has 2 aliphatic heterocycles. The minimum atomic E-state index is -0.0218. The van der Waals surface area contributed by atoms with E-state index in [1.54, 1.807) is 23.2 Å². The number of carbonyl (C=O) groups is 1. The highest BCUT2D eigenvalue weighted by Crippen LogP contribution is 2.20. The number of ether oxygens (including phenoxy) is 2. The van der Waals surface area contributed by atoms with Crippen molar-refractivity contribution in [2.24, 2.45) is 5.92 Å². The van der Waals surface area contributed by atoms with E-state index in [0.717, 1.165) is 38.9 Å². The average molecular weight is 315 g/mol. The van der Waals surface area contributed by atoms with Crippen molar-refractivity contribution in [3.63, 3.8) is 0 Å². The summed E-state index contributed by atoms with van der Waals surface area (Å²) in [5.74, 6) is 0.607. The van der Waals surface area contributed by atoms with E-state index in [-0.39, 0.29) is 17.9 Å². The van der Waals surface area contributed by atoms with Gasteiger partial charge in [-0.2, -0.15) is 5.26 Å². The molecule has 0 radical (unpaired) electrons. The molecule has 0 aliphatic carbocycles. The number of rotatable bonds is 3. The van der Waals surface area contributed by atoms with Gasteiger partial charge in [-0.3, -0.25) is 4.79 Å². The molecule has 2 aliphatic rings.